The molecule has 0 aliphatic carbocycles. The maximum atomic E-state index is 11.8. The zero-order valence-electron chi connectivity index (χ0n) is 11.0. The SMILES string of the molecule is CC(CNC(=O)N(C)c1ccc(O)cc1)CC(=O)O. The fourth-order valence-corrected chi connectivity index (χ4v) is 1.54. The van der Waals surface area contributed by atoms with E-state index < -0.39 is 5.97 Å². The van der Waals surface area contributed by atoms with E-state index in [1.54, 1.807) is 26.1 Å². The fraction of sp³-hybridized carbons (Fsp3) is 0.385. The molecule has 19 heavy (non-hydrogen) atoms. The van der Waals surface area contributed by atoms with Gasteiger partial charge in [0.05, 0.1) is 0 Å². The first kappa shape index (κ1) is 14.8. The summed E-state index contributed by atoms with van der Waals surface area (Å²) >= 11 is 0. The van der Waals surface area contributed by atoms with Crippen molar-refractivity contribution in [2.45, 2.75) is 13.3 Å². The molecule has 0 aliphatic rings. The average Bonchev–Trinajstić information content (AvgIpc) is 2.35. The second-order valence-corrected chi connectivity index (χ2v) is 4.46. The molecule has 0 bridgehead atoms. The molecule has 0 heterocycles. The number of carbonyl (C=O) groups excluding carboxylic acids is 1. The van der Waals surface area contributed by atoms with Crippen LogP contribution in [-0.4, -0.2) is 35.8 Å². The van der Waals surface area contributed by atoms with Gasteiger partial charge in [0.15, 0.2) is 0 Å². The van der Waals surface area contributed by atoms with Crippen molar-refractivity contribution in [1.29, 1.82) is 0 Å². The first-order valence-corrected chi connectivity index (χ1v) is 5.92. The molecule has 0 aliphatic heterocycles. The molecule has 0 fully saturated rings. The van der Waals surface area contributed by atoms with Gasteiger partial charge in [0.25, 0.3) is 0 Å². The minimum Gasteiger partial charge on any atom is -0.508 e. The molecule has 2 amide bonds. The van der Waals surface area contributed by atoms with Crippen molar-refractivity contribution in [2.24, 2.45) is 5.92 Å². The number of benzene rings is 1. The topological polar surface area (TPSA) is 89.9 Å². The number of nitrogens with zero attached hydrogens (tertiary/aromatic N) is 1. The summed E-state index contributed by atoms with van der Waals surface area (Å²) in [7, 11) is 1.60. The third-order valence-corrected chi connectivity index (χ3v) is 2.67. The first-order valence-electron chi connectivity index (χ1n) is 5.92. The summed E-state index contributed by atoms with van der Waals surface area (Å²) in [4.78, 5) is 23.7. The Bertz CT molecular complexity index is 444. The molecule has 1 unspecified atom stereocenters. The number of carboxylic acid groups (broad SMARTS) is 1. The van der Waals surface area contributed by atoms with Crippen LogP contribution >= 0.6 is 0 Å². The number of hydrogen-bond donors (Lipinski definition) is 3. The highest BCUT2D eigenvalue weighted by atomic mass is 16.4. The third kappa shape index (κ3) is 4.87. The maximum Gasteiger partial charge on any atom is 0.321 e. The summed E-state index contributed by atoms with van der Waals surface area (Å²) in [6.45, 7) is 2.06. The van der Waals surface area contributed by atoms with Crippen LogP contribution in [0.3, 0.4) is 0 Å². The van der Waals surface area contributed by atoms with Gasteiger partial charge in [0.1, 0.15) is 5.75 Å². The van der Waals surface area contributed by atoms with Crippen LogP contribution in [0.2, 0.25) is 0 Å². The van der Waals surface area contributed by atoms with E-state index in [-0.39, 0.29) is 24.1 Å². The van der Waals surface area contributed by atoms with Crippen LogP contribution in [0.5, 0.6) is 5.75 Å². The molecular formula is C13H18N2O4. The van der Waals surface area contributed by atoms with E-state index >= 15 is 0 Å². The van der Waals surface area contributed by atoms with Gasteiger partial charge in [-0.1, -0.05) is 6.92 Å². The van der Waals surface area contributed by atoms with Gasteiger partial charge in [0, 0.05) is 25.7 Å². The van der Waals surface area contributed by atoms with Crippen molar-refractivity contribution >= 4 is 17.7 Å². The van der Waals surface area contributed by atoms with Crippen LogP contribution in [0.15, 0.2) is 24.3 Å². The highest BCUT2D eigenvalue weighted by molar-refractivity contribution is 5.91. The van der Waals surface area contributed by atoms with Crippen LogP contribution < -0.4 is 10.2 Å². The predicted molar refractivity (Wildman–Crippen MR) is 71.3 cm³/mol. The van der Waals surface area contributed by atoms with Gasteiger partial charge in [-0.15, -0.1) is 0 Å². The molecule has 0 saturated carbocycles. The summed E-state index contributed by atoms with van der Waals surface area (Å²) in [6, 6.07) is 5.91. The minimum absolute atomic E-state index is 0.0171. The lowest BCUT2D eigenvalue weighted by Gasteiger charge is -2.19. The van der Waals surface area contributed by atoms with E-state index in [0.717, 1.165) is 0 Å². The molecule has 0 spiro atoms. The average molecular weight is 266 g/mol. The Kier molecular flexibility index (Phi) is 5.17. The van der Waals surface area contributed by atoms with Gasteiger partial charge in [-0.2, -0.15) is 0 Å². The molecule has 0 saturated heterocycles. The van der Waals surface area contributed by atoms with E-state index in [1.165, 1.54) is 17.0 Å². The second-order valence-electron chi connectivity index (χ2n) is 4.46. The van der Waals surface area contributed by atoms with Crippen LogP contribution in [0.4, 0.5) is 10.5 Å². The normalized spacial score (nSPS) is 11.7. The Morgan fingerprint density at radius 1 is 1.32 bits per heavy atom. The van der Waals surface area contributed by atoms with Gasteiger partial charge >= 0.3 is 12.0 Å². The fourth-order valence-electron chi connectivity index (χ4n) is 1.54. The Morgan fingerprint density at radius 3 is 2.42 bits per heavy atom. The van der Waals surface area contributed by atoms with Crippen molar-refractivity contribution in [3.8, 4) is 5.75 Å². The van der Waals surface area contributed by atoms with Crippen LogP contribution in [0.1, 0.15) is 13.3 Å². The standard InChI is InChI=1S/C13H18N2O4/c1-9(7-12(17)18)8-14-13(19)15(2)10-3-5-11(16)6-4-10/h3-6,9,16H,7-8H2,1-2H3,(H,14,19)(H,17,18). The highest BCUT2D eigenvalue weighted by Crippen LogP contribution is 2.17. The molecular weight excluding hydrogens is 248 g/mol. The third-order valence-electron chi connectivity index (χ3n) is 2.67. The van der Waals surface area contributed by atoms with E-state index in [0.29, 0.717) is 12.2 Å². The molecule has 104 valence electrons. The first-order chi connectivity index (χ1) is 8.90. The molecule has 6 nitrogen and oxygen atoms in total. The van der Waals surface area contributed by atoms with Crippen LogP contribution in [-0.2, 0) is 4.79 Å². The quantitative estimate of drug-likeness (QED) is 0.756. The maximum absolute atomic E-state index is 11.8. The van der Waals surface area contributed by atoms with E-state index in [2.05, 4.69) is 5.32 Å². The summed E-state index contributed by atoms with van der Waals surface area (Å²) < 4.78 is 0. The summed E-state index contributed by atoms with van der Waals surface area (Å²) in [5.41, 5.74) is 0.640. The van der Waals surface area contributed by atoms with E-state index in [4.69, 9.17) is 10.2 Å². The Hall–Kier alpha value is -2.24. The smallest absolute Gasteiger partial charge is 0.321 e. The van der Waals surface area contributed by atoms with E-state index in [9.17, 15) is 9.59 Å². The number of aromatic hydroxyl groups is 1. The number of phenols is 1. The number of phenolic OH excluding ortho intramolecular Hbond substituents is 1. The Labute approximate surface area is 111 Å². The minimum atomic E-state index is -0.881. The predicted octanol–water partition coefficient (Wildman–Crippen LogP) is 1.65. The van der Waals surface area contributed by atoms with Crippen molar-refractivity contribution in [3.63, 3.8) is 0 Å². The molecule has 1 aromatic rings. The second kappa shape index (κ2) is 6.63. The van der Waals surface area contributed by atoms with Crippen LogP contribution in [0, 0.1) is 5.92 Å². The number of carboxylic acids is 1. The lowest BCUT2D eigenvalue weighted by molar-refractivity contribution is -0.137. The Morgan fingerprint density at radius 2 is 1.89 bits per heavy atom. The lowest BCUT2D eigenvalue weighted by atomic mass is 10.1. The zero-order valence-corrected chi connectivity index (χ0v) is 11.0. The number of aliphatic carboxylic acids is 1. The van der Waals surface area contributed by atoms with E-state index in [1.807, 2.05) is 0 Å². The number of amides is 2. The zero-order chi connectivity index (χ0) is 14.4. The molecule has 1 rings (SSSR count). The Balaban J connectivity index is 2.49. The van der Waals surface area contributed by atoms with Crippen molar-refractivity contribution in [3.05, 3.63) is 24.3 Å². The summed E-state index contributed by atoms with van der Waals surface area (Å²) in [6.07, 6.45) is 0.0171. The lowest BCUT2D eigenvalue weighted by Crippen LogP contribution is -2.39. The summed E-state index contributed by atoms with van der Waals surface area (Å²) in [5, 5.41) is 20.4. The van der Waals surface area contributed by atoms with Crippen molar-refractivity contribution in [2.75, 3.05) is 18.5 Å². The van der Waals surface area contributed by atoms with Crippen molar-refractivity contribution < 1.29 is 19.8 Å². The molecule has 1 aromatic carbocycles. The molecule has 0 aromatic heterocycles. The van der Waals surface area contributed by atoms with Crippen LogP contribution in [0.25, 0.3) is 0 Å². The highest BCUT2D eigenvalue weighted by Gasteiger charge is 2.13. The molecule has 1 atom stereocenters. The van der Waals surface area contributed by atoms with Crippen molar-refractivity contribution in [1.82, 2.24) is 5.32 Å². The molecule has 3 N–H and O–H groups in total. The number of urea groups is 1. The summed E-state index contributed by atoms with van der Waals surface area (Å²) in [5.74, 6) is -0.879. The number of hydrogen-bond acceptors (Lipinski definition) is 3. The number of carbonyl (C=O) groups is 2. The number of nitrogens with one attached hydrogen (secondary N) is 1. The van der Waals surface area contributed by atoms with Gasteiger partial charge in [-0.05, 0) is 30.2 Å². The molecule has 0 radical (unpaired) electrons. The number of rotatable bonds is 5. The molecule has 6 heteroatoms. The number of anilines is 1. The van der Waals surface area contributed by atoms with Gasteiger partial charge in [0.2, 0.25) is 0 Å². The van der Waals surface area contributed by atoms with Gasteiger partial charge in [-0.3, -0.25) is 9.69 Å². The van der Waals surface area contributed by atoms with Gasteiger partial charge < -0.3 is 15.5 Å². The van der Waals surface area contributed by atoms with Gasteiger partial charge in [-0.25, -0.2) is 4.79 Å². The monoisotopic (exact) mass is 266 g/mol. The largest absolute Gasteiger partial charge is 0.508 e.